The first-order chi connectivity index (χ1) is 10.1. The van der Waals surface area contributed by atoms with Crippen LogP contribution in [0.3, 0.4) is 0 Å². The van der Waals surface area contributed by atoms with Crippen LogP contribution in [0.25, 0.3) is 0 Å². The van der Waals surface area contributed by atoms with E-state index in [2.05, 4.69) is 30.6 Å². The first-order valence-corrected chi connectivity index (χ1v) is 9.30. The summed E-state index contributed by atoms with van der Waals surface area (Å²) in [5.41, 5.74) is 6.61. The van der Waals surface area contributed by atoms with Crippen molar-refractivity contribution in [1.29, 1.82) is 0 Å². The van der Waals surface area contributed by atoms with Crippen LogP contribution in [0.15, 0.2) is 0 Å². The Labute approximate surface area is 132 Å². The summed E-state index contributed by atoms with van der Waals surface area (Å²) in [5, 5.41) is 0. The number of hydrogen-bond donors (Lipinski definition) is 1. The summed E-state index contributed by atoms with van der Waals surface area (Å²) in [4.78, 5) is 5.49. The van der Waals surface area contributed by atoms with Crippen molar-refractivity contribution >= 4 is 0 Å². The molecule has 2 N–H and O–H groups in total. The van der Waals surface area contributed by atoms with Gasteiger partial charge >= 0.3 is 0 Å². The second-order valence-electron chi connectivity index (χ2n) is 7.75. The summed E-state index contributed by atoms with van der Waals surface area (Å²) in [6.07, 6.45) is 9.40. The number of piperidine rings is 2. The van der Waals surface area contributed by atoms with Crippen LogP contribution in [-0.2, 0) is 0 Å². The molecule has 2 aliphatic rings. The maximum absolute atomic E-state index is 6.31. The standard InChI is InChI=1S/C18H37N3/c1-4-7-17-8-5-6-11-21(17)18(15-19)9-12-20(13-10-18)14-16(2)3/h16-17H,4-15,19H2,1-3H3. The number of hydrogen-bond acceptors (Lipinski definition) is 3. The fourth-order valence-corrected chi connectivity index (χ4v) is 4.54. The van der Waals surface area contributed by atoms with Crippen molar-refractivity contribution in [1.82, 2.24) is 9.80 Å². The molecular formula is C18H37N3. The van der Waals surface area contributed by atoms with E-state index in [1.807, 2.05) is 0 Å². The monoisotopic (exact) mass is 295 g/mol. The molecule has 0 spiro atoms. The van der Waals surface area contributed by atoms with Gasteiger partial charge < -0.3 is 10.6 Å². The van der Waals surface area contributed by atoms with Crippen LogP contribution < -0.4 is 5.73 Å². The van der Waals surface area contributed by atoms with Crippen molar-refractivity contribution in [3.05, 3.63) is 0 Å². The van der Waals surface area contributed by atoms with Gasteiger partial charge in [-0.25, -0.2) is 0 Å². The van der Waals surface area contributed by atoms with Gasteiger partial charge in [-0.05, 0) is 57.7 Å². The average Bonchev–Trinajstić information content (AvgIpc) is 2.49. The summed E-state index contributed by atoms with van der Waals surface area (Å²) >= 11 is 0. The maximum atomic E-state index is 6.31. The quantitative estimate of drug-likeness (QED) is 0.817. The molecule has 0 aromatic carbocycles. The minimum Gasteiger partial charge on any atom is -0.329 e. The number of nitrogens with zero attached hydrogens (tertiary/aromatic N) is 2. The minimum atomic E-state index is 0.299. The van der Waals surface area contributed by atoms with Gasteiger partial charge in [0.2, 0.25) is 0 Å². The van der Waals surface area contributed by atoms with Gasteiger partial charge in [-0.1, -0.05) is 33.6 Å². The van der Waals surface area contributed by atoms with E-state index in [1.54, 1.807) is 0 Å². The second kappa shape index (κ2) is 7.94. The van der Waals surface area contributed by atoms with E-state index < -0.39 is 0 Å². The molecule has 0 aromatic rings. The lowest BCUT2D eigenvalue weighted by molar-refractivity contribution is -0.0247. The van der Waals surface area contributed by atoms with Gasteiger partial charge in [-0.2, -0.15) is 0 Å². The van der Waals surface area contributed by atoms with E-state index in [9.17, 15) is 0 Å². The molecule has 0 aliphatic carbocycles. The smallest absolute Gasteiger partial charge is 0.0358 e. The van der Waals surface area contributed by atoms with E-state index in [1.165, 1.54) is 71.1 Å². The summed E-state index contributed by atoms with van der Waals surface area (Å²) in [6.45, 7) is 12.8. The van der Waals surface area contributed by atoms with Gasteiger partial charge in [0.05, 0.1) is 0 Å². The summed E-state index contributed by atoms with van der Waals surface area (Å²) < 4.78 is 0. The fourth-order valence-electron chi connectivity index (χ4n) is 4.54. The van der Waals surface area contributed by atoms with Gasteiger partial charge in [0.25, 0.3) is 0 Å². The summed E-state index contributed by atoms with van der Waals surface area (Å²) in [7, 11) is 0. The van der Waals surface area contributed by atoms with Crippen molar-refractivity contribution in [2.24, 2.45) is 11.7 Å². The van der Waals surface area contributed by atoms with Crippen LogP contribution >= 0.6 is 0 Å². The van der Waals surface area contributed by atoms with E-state index in [0.717, 1.165) is 18.5 Å². The van der Waals surface area contributed by atoms with E-state index in [4.69, 9.17) is 5.73 Å². The van der Waals surface area contributed by atoms with Gasteiger partial charge in [0.15, 0.2) is 0 Å². The molecular weight excluding hydrogens is 258 g/mol. The molecule has 21 heavy (non-hydrogen) atoms. The third kappa shape index (κ3) is 4.20. The van der Waals surface area contributed by atoms with Crippen molar-refractivity contribution in [2.75, 3.05) is 32.7 Å². The molecule has 124 valence electrons. The number of rotatable bonds is 6. The Morgan fingerprint density at radius 1 is 1.14 bits per heavy atom. The molecule has 3 heteroatoms. The molecule has 0 aromatic heterocycles. The molecule has 2 fully saturated rings. The molecule has 1 unspecified atom stereocenters. The molecule has 2 heterocycles. The van der Waals surface area contributed by atoms with Crippen LogP contribution in [0.1, 0.15) is 65.7 Å². The Balaban J connectivity index is 2.00. The zero-order chi connectivity index (χ0) is 15.3. The summed E-state index contributed by atoms with van der Waals surface area (Å²) in [6, 6.07) is 0.795. The second-order valence-corrected chi connectivity index (χ2v) is 7.75. The highest BCUT2D eigenvalue weighted by Gasteiger charge is 2.42. The molecule has 0 saturated carbocycles. The SMILES string of the molecule is CCCC1CCCCN1C1(CN)CCN(CC(C)C)CC1. The third-order valence-corrected chi connectivity index (χ3v) is 5.65. The molecule has 0 amide bonds. The summed E-state index contributed by atoms with van der Waals surface area (Å²) in [5.74, 6) is 0.776. The van der Waals surface area contributed by atoms with Gasteiger partial charge in [-0.15, -0.1) is 0 Å². The average molecular weight is 296 g/mol. The van der Waals surface area contributed by atoms with E-state index in [0.29, 0.717) is 5.54 Å². The Morgan fingerprint density at radius 3 is 2.43 bits per heavy atom. The van der Waals surface area contributed by atoms with Gasteiger partial charge in [-0.3, -0.25) is 4.90 Å². The maximum Gasteiger partial charge on any atom is 0.0358 e. The molecule has 3 nitrogen and oxygen atoms in total. The molecule has 1 atom stereocenters. The lowest BCUT2D eigenvalue weighted by Gasteiger charge is -2.53. The Kier molecular flexibility index (Phi) is 6.51. The topological polar surface area (TPSA) is 32.5 Å². The molecule has 0 radical (unpaired) electrons. The predicted molar refractivity (Wildman–Crippen MR) is 91.6 cm³/mol. The normalized spacial score (nSPS) is 28.1. The zero-order valence-corrected chi connectivity index (χ0v) is 14.6. The zero-order valence-electron chi connectivity index (χ0n) is 14.6. The Hall–Kier alpha value is -0.120. The fraction of sp³-hybridized carbons (Fsp3) is 1.00. The number of likely N-dealkylation sites (tertiary alicyclic amines) is 2. The highest BCUT2D eigenvalue weighted by molar-refractivity contribution is 4.99. The molecule has 2 saturated heterocycles. The van der Waals surface area contributed by atoms with Crippen LogP contribution in [0.2, 0.25) is 0 Å². The lowest BCUT2D eigenvalue weighted by Crippen LogP contribution is -2.63. The van der Waals surface area contributed by atoms with Crippen molar-refractivity contribution < 1.29 is 0 Å². The first-order valence-electron chi connectivity index (χ1n) is 9.30. The lowest BCUT2D eigenvalue weighted by atomic mass is 9.81. The van der Waals surface area contributed by atoms with Crippen molar-refractivity contribution in [2.45, 2.75) is 77.3 Å². The first kappa shape index (κ1) is 17.2. The minimum absolute atomic E-state index is 0.299. The van der Waals surface area contributed by atoms with Crippen LogP contribution in [-0.4, -0.2) is 54.1 Å². The van der Waals surface area contributed by atoms with Crippen molar-refractivity contribution in [3.8, 4) is 0 Å². The Bertz CT molecular complexity index is 293. The van der Waals surface area contributed by atoms with Gasteiger partial charge in [0.1, 0.15) is 0 Å². The van der Waals surface area contributed by atoms with Crippen LogP contribution in [0.5, 0.6) is 0 Å². The number of nitrogens with two attached hydrogens (primary N) is 1. The highest BCUT2D eigenvalue weighted by atomic mass is 15.3. The van der Waals surface area contributed by atoms with E-state index >= 15 is 0 Å². The van der Waals surface area contributed by atoms with Crippen molar-refractivity contribution in [3.63, 3.8) is 0 Å². The third-order valence-electron chi connectivity index (χ3n) is 5.65. The van der Waals surface area contributed by atoms with E-state index in [-0.39, 0.29) is 0 Å². The van der Waals surface area contributed by atoms with Crippen LogP contribution in [0.4, 0.5) is 0 Å². The molecule has 0 bridgehead atoms. The highest BCUT2D eigenvalue weighted by Crippen LogP contribution is 2.35. The molecule has 2 rings (SSSR count). The Morgan fingerprint density at radius 2 is 1.86 bits per heavy atom. The van der Waals surface area contributed by atoms with Crippen LogP contribution in [0, 0.1) is 5.92 Å². The van der Waals surface area contributed by atoms with Gasteiger partial charge in [0, 0.05) is 24.7 Å². The largest absolute Gasteiger partial charge is 0.329 e. The predicted octanol–water partition coefficient (Wildman–Crippen LogP) is 3.09. The molecule has 2 aliphatic heterocycles.